The summed E-state index contributed by atoms with van der Waals surface area (Å²) in [5, 5.41) is 6.16. The first-order valence-corrected chi connectivity index (χ1v) is 10.7. The van der Waals surface area contributed by atoms with Crippen LogP contribution in [-0.4, -0.2) is 33.5 Å². The van der Waals surface area contributed by atoms with Gasteiger partial charge in [0.2, 0.25) is 15.9 Å². The van der Waals surface area contributed by atoms with E-state index in [2.05, 4.69) is 15.4 Å². The molecular formula is C18H25ClFN3O3S. The van der Waals surface area contributed by atoms with Crippen LogP contribution in [0.4, 0.5) is 10.1 Å². The van der Waals surface area contributed by atoms with Crippen molar-refractivity contribution in [3.8, 4) is 0 Å². The topological polar surface area (TPSA) is 87.3 Å². The van der Waals surface area contributed by atoms with Crippen LogP contribution in [0, 0.1) is 17.2 Å². The third-order valence-corrected chi connectivity index (χ3v) is 7.40. The highest BCUT2D eigenvalue weighted by atomic mass is 35.5. The standard InChI is InChI=1S/C18H24FN3O3S.ClH/c19-15-7-6-14(9-16(15)26(24,25)22-13-4-5-13)21-17(23)18-8-2-1-3-12(18)10-20-11-18;/h6-7,9,12-13,20,22H,1-5,8,10-11H2,(H,21,23);1H/t12-,18+;/m0./s1. The summed E-state index contributed by atoms with van der Waals surface area (Å²) in [4.78, 5) is 12.6. The molecule has 2 saturated carbocycles. The van der Waals surface area contributed by atoms with Gasteiger partial charge in [-0.3, -0.25) is 4.79 Å². The van der Waals surface area contributed by atoms with Crippen molar-refractivity contribution in [3.63, 3.8) is 0 Å². The Bertz CT molecular complexity index is 831. The lowest BCUT2D eigenvalue weighted by molar-refractivity contribution is -0.128. The fraction of sp³-hybridized carbons (Fsp3) is 0.611. The number of fused-ring (bicyclic) bond motifs is 1. The largest absolute Gasteiger partial charge is 0.326 e. The Kier molecular flexibility index (Phi) is 5.82. The van der Waals surface area contributed by atoms with Gasteiger partial charge < -0.3 is 10.6 Å². The van der Waals surface area contributed by atoms with E-state index in [0.717, 1.165) is 51.1 Å². The Morgan fingerprint density at radius 3 is 2.74 bits per heavy atom. The second-order valence-corrected chi connectivity index (χ2v) is 9.41. The van der Waals surface area contributed by atoms with E-state index < -0.39 is 26.2 Å². The number of rotatable bonds is 5. The first-order chi connectivity index (χ1) is 12.4. The Balaban J connectivity index is 0.00000210. The Morgan fingerprint density at radius 1 is 1.22 bits per heavy atom. The van der Waals surface area contributed by atoms with Crippen molar-refractivity contribution in [2.24, 2.45) is 11.3 Å². The summed E-state index contributed by atoms with van der Waals surface area (Å²) < 4.78 is 41.3. The summed E-state index contributed by atoms with van der Waals surface area (Å²) in [5.74, 6) is -0.610. The second kappa shape index (κ2) is 7.66. The molecule has 3 N–H and O–H groups in total. The normalized spacial score (nSPS) is 27.5. The first kappa shape index (κ1) is 20.5. The molecule has 1 aromatic rings. The zero-order valence-corrected chi connectivity index (χ0v) is 16.6. The molecule has 150 valence electrons. The molecule has 0 spiro atoms. The van der Waals surface area contributed by atoms with Crippen LogP contribution in [0.5, 0.6) is 0 Å². The molecule has 3 fully saturated rings. The number of carbonyl (C=O) groups is 1. The van der Waals surface area contributed by atoms with Crippen molar-refractivity contribution in [1.29, 1.82) is 0 Å². The molecule has 0 radical (unpaired) electrons. The maximum absolute atomic E-state index is 14.1. The fourth-order valence-electron chi connectivity index (χ4n) is 4.22. The van der Waals surface area contributed by atoms with Crippen LogP contribution in [0.3, 0.4) is 0 Å². The molecule has 0 bridgehead atoms. The van der Waals surface area contributed by atoms with Gasteiger partial charge in [-0.1, -0.05) is 12.8 Å². The molecule has 6 nitrogen and oxygen atoms in total. The molecule has 9 heteroatoms. The van der Waals surface area contributed by atoms with Crippen LogP contribution < -0.4 is 15.4 Å². The Morgan fingerprint density at radius 2 is 2.00 bits per heavy atom. The molecule has 2 atom stereocenters. The zero-order chi connectivity index (χ0) is 18.4. The second-order valence-electron chi connectivity index (χ2n) is 7.72. The number of hydrogen-bond donors (Lipinski definition) is 3. The summed E-state index contributed by atoms with van der Waals surface area (Å²) in [6.45, 7) is 1.47. The zero-order valence-electron chi connectivity index (χ0n) is 15.0. The summed E-state index contributed by atoms with van der Waals surface area (Å²) in [6.07, 6.45) is 5.54. The summed E-state index contributed by atoms with van der Waals surface area (Å²) >= 11 is 0. The van der Waals surface area contributed by atoms with Gasteiger partial charge in [0.1, 0.15) is 10.7 Å². The minimum atomic E-state index is -3.92. The molecule has 1 heterocycles. The maximum atomic E-state index is 14.1. The smallest absolute Gasteiger partial charge is 0.243 e. The number of amides is 1. The van der Waals surface area contributed by atoms with Crippen LogP contribution in [0.1, 0.15) is 38.5 Å². The van der Waals surface area contributed by atoms with Crippen molar-refractivity contribution in [2.45, 2.75) is 49.5 Å². The van der Waals surface area contributed by atoms with E-state index >= 15 is 0 Å². The van der Waals surface area contributed by atoms with Crippen molar-refractivity contribution in [3.05, 3.63) is 24.0 Å². The highest BCUT2D eigenvalue weighted by Crippen LogP contribution is 2.44. The summed E-state index contributed by atoms with van der Waals surface area (Å²) in [7, 11) is -3.92. The van der Waals surface area contributed by atoms with Crippen molar-refractivity contribution in [1.82, 2.24) is 10.0 Å². The maximum Gasteiger partial charge on any atom is 0.243 e. The Hall–Kier alpha value is -1.22. The number of nitrogens with one attached hydrogen (secondary N) is 3. The van der Waals surface area contributed by atoms with Gasteiger partial charge in [-0.25, -0.2) is 17.5 Å². The van der Waals surface area contributed by atoms with Gasteiger partial charge in [-0.05, 0) is 56.3 Å². The van der Waals surface area contributed by atoms with Crippen molar-refractivity contribution >= 4 is 34.0 Å². The fourth-order valence-corrected chi connectivity index (χ4v) is 5.63. The van der Waals surface area contributed by atoms with Crippen molar-refractivity contribution < 1.29 is 17.6 Å². The molecule has 4 rings (SSSR count). The van der Waals surface area contributed by atoms with Gasteiger partial charge in [-0.2, -0.15) is 0 Å². The number of benzene rings is 1. The van der Waals surface area contributed by atoms with Crippen LogP contribution in [0.25, 0.3) is 0 Å². The number of anilines is 1. The van der Waals surface area contributed by atoms with Gasteiger partial charge in [0.25, 0.3) is 0 Å². The number of halogens is 2. The van der Waals surface area contributed by atoms with Crippen LogP contribution >= 0.6 is 12.4 Å². The van der Waals surface area contributed by atoms with Crippen molar-refractivity contribution in [2.75, 3.05) is 18.4 Å². The van der Waals surface area contributed by atoms with Gasteiger partial charge in [0, 0.05) is 18.3 Å². The minimum absolute atomic E-state index is 0. The molecule has 1 amide bonds. The molecular weight excluding hydrogens is 393 g/mol. The predicted molar refractivity (Wildman–Crippen MR) is 103 cm³/mol. The molecule has 27 heavy (non-hydrogen) atoms. The van der Waals surface area contributed by atoms with E-state index in [1.807, 2.05) is 0 Å². The third-order valence-electron chi connectivity index (χ3n) is 5.87. The quantitative estimate of drug-likeness (QED) is 0.686. The molecule has 2 aliphatic carbocycles. The van der Waals surface area contributed by atoms with E-state index in [-0.39, 0.29) is 24.4 Å². The van der Waals surface area contributed by atoms with Gasteiger partial charge >= 0.3 is 0 Å². The van der Waals surface area contributed by atoms with Gasteiger partial charge in [0.15, 0.2) is 0 Å². The monoisotopic (exact) mass is 417 g/mol. The van der Waals surface area contributed by atoms with E-state index in [0.29, 0.717) is 18.2 Å². The Labute approximate surface area is 165 Å². The van der Waals surface area contributed by atoms with E-state index in [4.69, 9.17) is 0 Å². The predicted octanol–water partition coefficient (Wildman–Crippen LogP) is 2.41. The molecule has 1 saturated heterocycles. The molecule has 0 unspecified atom stereocenters. The lowest BCUT2D eigenvalue weighted by atomic mass is 9.67. The average Bonchev–Trinajstić information content (AvgIpc) is 3.29. The molecule has 1 aromatic carbocycles. The summed E-state index contributed by atoms with van der Waals surface area (Å²) in [6, 6.07) is 3.62. The van der Waals surface area contributed by atoms with E-state index in [1.54, 1.807) is 0 Å². The number of sulfonamides is 1. The highest BCUT2D eigenvalue weighted by Gasteiger charge is 2.49. The molecule has 1 aliphatic heterocycles. The van der Waals surface area contributed by atoms with Crippen LogP contribution in [0.15, 0.2) is 23.1 Å². The van der Waals surface area contributed by atoms with Crippen LogP contribution in [-0.2, 0) is 14.8 Å². The lowest BCUT2D eigenvalue weighted by Gasteiger charge is -2.37. The lowest BCUT2D eigenvalue weighted by Crippen LogP contribution is -2.44. The van der Waals surface area contributed by atoms with E-state index in [9.17, 15) is 17.6 Å². The summed E-state index contributed by atoms with van der Waals surface area (Å²) in [5.41, 5.74) is -0.129. The highest BCUT2D eigenvalue weighted by molar-refractivity contribution is 7.89. The average molecular weight is 418 g/mol. The molecule has 0 aromatic heterocycles. The number of hydrogen-bond acceptors (Lipinski definition) is 4. The third kappa shape index (κ3) is 3.99. The van der Waals surface area contributed by atoms with Crippen LogP contribution in [0.2, 0.25) is 0 Å². The minimum Gasteiger partial charge on any atom is -0.326 e. The SMILES string of the molecule is Cl.O=C(Nc1ccc(F)c(S(=O)(=O)NC2CC2)c1)[C@@]12CCCC[C@H]1CNC2. The molecule has 3 aliphatic rings. The first-order valence-electron chi connectivity index (χ1n) is 9.25. The number of carbonyl (C=O) groups excluding carboxylic acids is 1. The van der Waals surface area contributed by atoms with Gasteiger partial charge in [-0.15, -0.1) is 12.4 Å². The van der Waals surface area contributed by atoms with Gasteiger partial charge in [0.05, 0.1) is 5.41 Å². The van der Waals surface area contributed by atoms with E-state index in [1.165, 1.54) is 12.1 Å².